The molecule has 0 spiro atoms. The Morgan fingerprint density at radius 2 is 2.00 bits per heavy atom. The summed E-state index contributed by atoms with van der Waals surface area (Å²) in [6, 6.07) is 8.30. The van der Waals surface area contributed by atoms with Crippen LogP contribution in [0.15, 0.2) is 30.3 Å². The van der Waals surface area contributed by atoms with Gasteiger partial charge in [0.15, 0.2) is 5.79 Å². The first-order chi connectivity index (χ1) is 8.98. The van der Waals surface area contributed by atoms with Crippen molar-refractivity contribution in [3.8, 4) is 0 Å². The van der Waals surface area contributed by atoms with Crippen molar-refractivity contribution in [2.24, 2.45) is 0 Å². The molecule has 1 atom stereocenters. The second-order valence-corrected chi connectivity index (χ2v) is 4.74. The third-order valence-electron chi connectivity index (χ3n) is 2.69. The minimum Gasteiger partial charge on any atom is -0.457 e. The number of carbonyl (C=O) groups is 2. The van der Waals surface area contributed by atoms with Crippen molar-refractivity contribution in [1.82, 2.24) is 0 Å². The van der Waals surface area contributed by atoms with Gasteiger partial charge in [0.1, 0.15) is 12.7 Å². The van der Waals surface area contributed by atoms with Crippen molar-refractivity contribution in [3.63, 3.8) is 0 Å². The van der Waals surface area contributed by atoms with Crippen LogP contribution in [0, 0.1) is 0 Å². The lowest BCUT2D eigenvalue weighted by molar-refractivity contribution is -0.154. The minimum atomic E-state index is -0.875. The highest BCUT2D eigenvalue weighted by molar-refractivity contribution is 6.40. The van der Waals surface area contributed by atoms with Gasteiger partial charge in [0.05, 0.1) is 6.61 Å². The van der Waals surface area contributed by atoms with Gasteiger partial charge in [-0.05, 0) is 13.8 Å². The molecular weight excluding hydrogens is 248 g/mol. The molecule has 5 heteroatoms. The van der Waals surface area contributed by atoms with Crippen molar-refractivity contribution in [3.05, 3.63) is 35.9 Å². The Labute approximate surface area is 111 Å². The fourth-order valence-electron chi connectivity index (χ4n) is 1.79. The number of ether oxygens (including phenoxy) is 3. The Morgan fingerprint density at radius 1 is 1.32 bits per heavy atom. The van der Waals surface area contributed by atoms with Crippen LogP contribution in [0.3, 0.4) is 0 Å². The number of hydrogen-bond donors (Lipinski definition) is 0. The SMILES string of the molecule is CC1(C)OCC(COC(=O)C(=O)c2ccccc2)O1. The number of hydrogen-bond acceptors (Lipinski definition) is 5. The largest absolute Gasteiger partial charge is 0.457 e. The topological polar surface area (TPSA) is 61.8 Å². The second-order valence-electron chi connectivity index (χ2n) is 4.74. The quantitative estimate of drug-likeness (QED) is 0.469. The number of Topliss-reactive ketones (excluding diaryl/α,β-unsaturated/α-hetero) is 1. The number of carbonyl (C=O) groups excluding carboxylic acids is 2. The van der Waals surface area contributed by atoms with Crippen LogP contribution >= 0.6 is 0 Å². The fourth-order valence-corrected chi connectivity index (χ4v) is 1.79. The zero-order valence-corrected chi connectivity index (χ0v) is 10.9. The fraction of sp³-hybridized carbons (Fsp3) is 0.429. The van der Waals surface area contributed by atoms with Crippen LogP contribution < -0.4 is 0 Å². The Bertz CT molecular complexity index is 466. The van der Waals surface area contributed by atoms with Gasteiger partial charge >= 0.3 is 5.97 Å². The molecule has 1 aromatic rings. The molecule has 1 aliphatic heterocycles. The van der Waals surface area contributed by atoms with Crippen LogP contribution in [-0.2, 0) is 19.0 Å². The van der Waals surface area contributed by atoms with Crippen molar-refractivity contribution in [1.29, 1.82) is 0 Å². The van der Waals surface area contributed by atoms with Gasteiger partial charge in [0.25, 0.3) is 5.78 Å². The first-order valence-electron chi connectivity index (χ1n) is 6.06. The summed E-state index contributed by atoms with van der Waals surface area (Å²) in [5, 5.41) is 0. The highest BCUT2D eigenvalue weighted by Crippen LogP contribution is 2.22. The van der Waals surface area contributed by atoms with E-state index in [2.05, 4.69) is 0 Å². The maximum absolute atomic E-state index is 11.7. The number of benzene rings is 1. The van der Waals surface area contributed by atoms with Gasteiger partial charge in [-0.15, -0.1) is 0 Å². The zero-order chi connectivity index (χ0) is 13.9. The summed E-state index contributed by atoms with van der Waals surface area (Å²) in [5.74, 6) is -2.20. The molecular formula is C14H16O5. The monoisotopic (exact) mass is 264 g/mol. The van der Waals surface area contributed by atoms with Gasteiger partial charge in [-0.25, -0.2) is 4.79 Å². The highest BCUT2D eigenvalue weighted by atomic mass is 16.7. The third-order valence-corrected chi connectivity index (χ3v) is 2.69. The van der Waals surface area contributed by atoms with Crippen molar-refractivity contribution >= 4 is 11.8 Å². The summed E-state index contributed by atoms with van der Waals surface area (Å²) in [7, 11) is 0. The van der Waals surface area contributed by atoms with Crippen LogP contribution in [0.4, 0.5) is 0 Å². The smallest absolute Gasteiger partial charge is 0.379 e. The van der Waals surface area contributed by atoms with Gasteiger partial charge in [0, 0.05) is 5.56 Å². The molecule has 0 amide bonds. The molecule has 0 aliphatic carbocycles. The Hall–Kier alpha value is -1.72. The average molecular weight is 264 g/mol. The maximum Gasteiger partial charge on any atom is 0.379 e. The van der Waals surface area contributed by atoms with E-state index in [0.717, 1.165) is 0 Å². The minimum absolute atomic E-state index is 0.0147. The van der Waals surface area contributed by atoms with E-state index >= 15 is 0 Å². The predicted octanol–water partition coefficient (Wildman–Crippen LogP) is 1.56. The molecule has 1 saturated heterocycles. The summed E-state index contributed by atoms with van der Waals surface area (Å²) >= 11 is 0. The third kappa shape index (κ3) is 3.62. The number of ketones is 1. The molecule has 2 rings (SSSR count). The van der Waals surface area contributed by atoms with Gasteiger partial charge < -0.3 is 14.2 Å². The molecule has 5 nitrogen and oxygen atoms in total. The Balaban J connectivity index is 1.84. The molecule has 0 radical (unpaired) electrons. The van der Waals surface area contributed by atoms with Gasteiger partial charge in [-0.3, -0.25) is 4.79 Å². The highest BCUT2D eigenvalue weighted by Gasteiger charge is 2.33. The standard InChI is InChI=1S/C14H16O5/c1-14(2)18-9-11(19-14)8-17-13(16)12(15)10-6-4-3-5-7-10/h3-7,11H,8-9H2,1-2H3. The first-order valence-corrected chi connectivity index (χ1v) is 6.06. The van der Waals surface area contributed by atoms with Gasteiger partial charge in [-0.1, -0.05) is 30.3 Å². The van der Waals surface area contributed by atoms with Crippen molar-refractivity contribution in [2.75, 3.05) is 13.2 Å². The van der Waals surface area contributed by atoms with E-state index in [9.17, 15) is 9.59 Å². The molecule has 102 valence electrons. The second kappa shape index (κ2) is 5.50. The predicted molar refractivity (Wildman–Crippen MR) is 66.6 cm³/mol. The summed E-state index contributed by atoms with van der Waals surface area (Å²) in [4.78, 5) is 23.3. The summed E-state index contributed by atoms with van der Waals surface area (Å²) in [6.45, 7) is 3.93. The van der Waals surface area contributed by atoms with Crippen LogP contribution in [0.2, 0.25) is 0 Å². The molecule has 1 aromatic carbocycles. The average Bonchev–Trinajstić information content (AvgIpc) is 2.76. The van der Waals surface area contributed by atoms with Crippen LogP contribution in [0.25, 0.3) is 0 Å². The van der Waals surface area contributed by atoms with E-state index in [1.807, 2.05) is 0 Å². The summed E-state index contributed by atoms with van der Waals surface area (Å²) < 4.78 is 15.7. The normalized spacial score (nSPS) is 21.1. The van der Waals surface area contributed by atoms with E-state index in [1.54, 1.807) is 44.2 Å². The van der Waals surface area contributed by atoms with Crippen molar-refractivity contribution in [2.45, 2.75) is 25.7 Å². The molecule has 0 saturated carbocycles. The van der Waals surface area contributed by atoms with E-state index in [-0.39, 0.29) is 12.7 Å². The summed E-state index contributed by atoms with van der Waals surface area (Å²) in [6.07, 6.45) is -0.331. The maximum atomic E-state index is 11.7. The Morgan fingerprint density at radius 3 is 2.58 bits per heavy atom. The molecule has 19 heavy (non-hydrogen) atoms. The zero-order valence-electron chi connectivity index (χ0n) is 10.9. The van der Waals surface area contributed by atoms with Gasteiger partial charge in [0.2, 0.25) is 0 Å². The van der Waals surface area contributed by atoms with Crippen molar-refractivity contribution < 1.29 is 23.8 Å². The first kappa shape index (κ1) is 13.7. The van der Waals surface area contributed by atoms with Crippen LogP contribution in [0.5, 0.6) is 0 Å². The van der Waals surface area contributed by atoms with Gasteiger partial charge in [-0.2, -0.15) is 0 Å². The van der Waals surface area contributed by atoms with Crippen LogP contribution in [0.1, 0.15) is 24.2 Å². The molecule has 1 aliphatic rings. The number of esters is 1. The Kier molecular flexibility index (Phi) is 3.97. The molecule has 1 unspecified atom stereocenters. The van der Waals surface area contributed by atoms with E-state index < -0.39 is 17.5 Å². The lowest BCUT2D eigenvalue weighted by atomic mass is 10.1. The molecule has 0 N–H and O–H groups in total. The molecule has 0 aromatic heterocycles. The van der Waals surface area contributed by atoms with E-state index in [4.69, 9.17) is 14.2 Å². The lowest BCUT2D eigenvalue weighted by Crippen LogP contribution is -2.27. The van der Waals surface area contributed by atoms with E-state index in [1.165, 1.54) is 0 Å². The van der Waals surface area contributed by atoms with Crippen LogP contribution in [-0.4, -0.2) is 36.9 Å². The number of rotatable bonds is 4. The molecule has 0 bridgehead atoms. The van der Waals surface area contributed by atoms with E-state index in [0.29, 0.717) is 12.2 Å². The molecule has 1 heterocycles. The molecule has 1 fully saturated rings. The lowest BCUT2D eigenvalue weighted by Gasteiger charge is -2.16. The summed E-state index contributed by atoms with van der Waals surface area (Å²) in [5.41, 5.74) is 0.316.